The normalized spacial score (nSPS) is 21.9. The zero-order valence-electron chi connectivity index (χ0n) is 15.8. The summed E-state index contributed by atoms with van der Waals surface area (Å²) in [4.78, 5) is 0. The van der Waals surface area contributed by atoms with Gasteiger partial charge >= 0.3 is 56.6 Å². The van der Waals surface area contributed by atoms with Gasteiger partial charge in [0.25, 0.3) is 0 Å². The third kappa shape index (κ3) is 5.63. The Morgan fingerprint density at radius 3 is 2.28 bits per heavy atom. The predicted molar refractivity (Wildman–Crippen MR) is 99.1 cm³/mol. The minimum Gasteiger partial charge on any atom is -0.541 e. The molecule has 0 N–H and O–H groups in total. The molecule has 29 heavy (non-hydrogen) atoms. The maximum absolute atomic E-state index is 14.5. The monoisotopic (exact) mass is 473 g/mol. The van der Waals surface area contributed by atoms with E-state index < -0.39 is 38.4 Å². The van der Waals surface area contributed by atoms with Crippen LogP contribution in [-0.4, -0.2) is 19.7 Å². The van der Waals surface area contributed by atoms with Crippen molar-refractivity contribution in [1.82, 2.24) is 0 Å². The number of rotatable bonds is 6. The van der Waals surface area contributed by atoms with Crippen LogP contribution in [0.4, 0.5) is 17.6 Å². The second kappa shape index (κ2) is 9.24. The van der Waals surface area contributed by atoms with E-state index >= 15 is 0 Å². The largest absolute Gasteiger partial charge is 1.00 e. The van der Waals surface area contributed by atoms with E-state index in [0.29, 0.717) is 5.02 Å². The quantitative estimate of drug-likeness (QED) is 0.478. The summed E-state index contributed by atoms with van der Waals surface area (Å²) in [5, 5.41) is -3.49. The number of hydrogen-bond donors (Lipinski definition) is 0. The fraction of sp³-hybridized carbons (Fsp3) is 0.368. The van der Waals surface area contributed by atoms with E-state index in [-0.39, 0.29) is 83.1 Å². The molecule has 1 aliphatic rings. The molecule has 0 amide bonds. The second-order valence-electron chi connectivity index (χ2n) is 7.16. The number of halogens is 5. The Morgan fingerprint density at radius 2 is 1.72 bits per heavy atom. The molecule has 0 unspecified atom stereocenters. The molecule has 0 aromatic heterocycles. The molecule has 10 heteroatoms. The van der Waals surface area contributed by atoms with Crippen LogP contribution in [0.1, 0.15) is 30.9 Å². The summed E-state index contributed by atoms with van der Waals surface area (Å²) in [6, 6.07) is 8.86. The van der Waals surface area contributed by atoms with Gasteiger partial charge in [-0.3, -0.25) is 0 Å². The molecule has 0 atom stereocenters. The molecule has 1 fully saturated rings. The molecule has 1 saturated carbocycles. The van der Waals surface area contributed by atoms with Gasteiger partial charge in [0.2, 0.25) is 0 Å². The molecule has 1 aliphatic carbocycles. The first kappa shape index (κ1) is 25.3. The van der Waals surface area contributed by atoms with Crippen molar-refractivity contribution in [3.63, 3.8) is 0 Å². The third-order valence-electron chi connectivity index (χ3n) is 4.95. The van der Waals surface area contributed by atoms with Crippen molar-refractivity contribution >= 4 is 21.6 Å². The average molecular weight is 474 g/mol. The number of sulfonamides is 1. The number of nitrogens with zero attached hydrogens (tertiary/aromatic N) is 1. The Hall–Kier alpha value is -0.00364. The molecule has 2 aromatic carbocycles. The SMILES string of the molecule is CC(F)(F)S(=O)(=O)[N-]C1CC(Cc2ccc(Cl)cc2)(c2cc(F)ccc2F)C1.[K+]. The zero-order valence-corrected chi connectivity index (χ0v) is 20.5. The van der Waals surface area contributed by atoms with Crippen molar-refractivity contribution in [3.8, 4) is 0 Å². The van der Waals surface area contributed by atoms with E-state index in [2.05, 4.69) is 4.72 Å². The van der Waals surface area contributed by atoms with E-state index in [4.69, 9.17) is 11.6 Å². The smallest absolute Gasteiger partial charge is 0.541 e. The third-order valence-corrected chi connectivity index (χ3v) is 6.68. The molecule has 0 aliphatic heterocycles. The molecule has 152 valence electrons. The predicted octanol–water partition coefficient (Wildman–Crippen LogP) is 2.58. The molecule has 3 rings (SSSR count). The van der Waals surface area contributed by atoms with Gasteiger partial charge in [0.1, 0.15) is 21.7 Å². The summed E-state index contributed by atoms with van der Waals surface area (Å²) >= 11 is 5.87. The zero-order chi connectivity index (χ0) is 20.7. The van der Waals surface area contributed by atoms with Crippen molar-refractivity contribution in [2.24, 2.45) is 0 Å². The first-order valence-corrected chi connectivity index (χ1v) is 10.3. The second-order valence-corrected chi connectivity index (χ2v) is 9.47. The van der Waals surface area contributed by atoms with Gasteiger partial charge in [0, 0.05) is 11.9 Å². The Morgan fingerprint density at radius 1 is 1.14 bits per heavy atom. The van der Waals surface area contributed by atoms with Crippen LogP contribution in [0.3, 0.4) is 0 Å². The summed E-state index contributed by atoms with van der Waals surface area (Å²) in [5.74, 6) is -1.28. The minimum absolute atomic E-state index is 0. The average Bonchev–Trinajstić information content (AvgIpc) is 2.55. The summed E-state index contributed by atoms with van der Waals surface area (Å²) in [6.07, 6.45) is 0.274. The summed E-state index contributed by atoms with van der Waals surface area (Å²) in [7, 11) is -4.98. The maximum Gasteiger partial charge on any atom is 1.00 e. The van der Waals surface area contributed by atoms with Crippen LogP contribution < -0.4 is 51.4 Å². The maximum atomic E-state index is 14.5. The van der Waals surface area contributed by atoms with Gasteiger partial charge in [-0.05, 0) is 53.3 Å². The van der Waals surface area contributed by atoms with Crippen LogP contribution >= 0.6 is 11.6 Å². The van der Waals surface area contributed by atoms with Crippen molar-refractivity contribution in [3.05, 3.63) is 75.0 Å². The van der Waals surface area contributed by atoms with E-state index in [0.717, 1.165) is 23.8 Å². The van der Waals surface area contributed by atoms with Crippen molar-refractivity contribution < 1.29 is 77.4 Å². The fourth-order valence-electron chi connectivity index (χ4n) is 3.56. The first-order valence-electron chi connectivity index (χ1n) is 8.46. The van der Waals surface area contributed by atoms with Crippen LogP contribution in [-0.2, 0) is 21.9 Å². The molecule has 2 aromatic rings. The topological polar surface area (TPSA) is 48.2 Å². The van der Waals surface area contributed by atoms with Gasteiger partial charge in [-0.25, -0.2) is 17.2 Å². The van der Waals surface area contributed by atoms with Crippen LogP contribution in [0.2, 0.25) is 5.02 Å². The number of benzene rings is 2. The molecule has 0 saturated heterocycles. The van der Waals surface area contributed by atoms with E-state index in [9.17, 15) is 26.0 Å². The Kier molecular flexibility index (Phi) is 8.05. The molecule has 0 spiro atoms. The van der Waals surface area contributed by atoms with E-state index in [1.807, 2.05) is 0 Å². The molecule has 3 nitrogen and oxygen atoms in total. The van der Waals surface area contributed by atoms with Crippen LogP contribution in [0, 0.1) is 11.6 Å². The molecular weight excluding hydrogens is 457 g/mol. The summed E-state index contributed by atoms with van der Waals surface area (Å²) < 4.78 is 81.3. The van der Waals surface area contributed by atoms with Gasteiger partial charge in [-0.1, -0.05) is 36.6 Å². The van der Waals surface area contributed by atoms with Gasteiger partial charge in [-0.2, -0.15) is 8.78 Å². The van der Waals surface area contributed by atoms with E-state index in [1.165, 1.54) is 0 Å². The van der Waals surface area contributed by atoms with E-state index in [1.54, 1.807) is 24.3 Å². The Labute approximate surface area is 214 Å². The van der Waals surface area contributed by atoms with Crippen molar-refractivity contribution in [1.29, 1.82) is 0 Å². The molecular formula is C19H17ClF4KNO2S. The number of hydrogen-bond acceptors (Lipinski definition) is 2. The van der Waals surface area contributed by atoms with Crippen LogP contribution in [0.5, 0.6) is 0 Å². The molecule has 0 heterocycles. The standard InChI is InChI=1S/C19H17ClF4NO2S.K/c1-18(23,24)28(26,27)25-15-10-19(11-15,9-12-2-4-13(20)5-3-12)16-8-14(21)6-7-17(16)22;/h2-8,15H,9-11H2,1H3;/q-1;+1. The minimum atomic E-state index is -4.98. The van der Waals surface area contributed by atoms with Gasteiger partial charge < -0.3 is 4.72 Å². The number of alkyl halides is 2. The van der Waals surface area contributed by atoms with Crippen LogP contribution in [0.25, 0.3) is 4.72 Å². The Balaban J connectivity index is 0.00000300. The van der Waals surface area contributed by atoms with Gasteiger partial charge in [0.05, 0.1) is 0 Å². The summed E-state index contributed by atoms with van der Waals surface area (Å²) in [5.41, 5.74) is -0.100. The van der Waals surface area contributed by atoms with Gasteiger partial charge in [0.15, 0.2) is 0 Å². The first-order chi connectivity index (χ1) is 12.9. The molecule has 0 radical (unpaired) electrons. The molecule has 0 bridgehead atoms. The van der Waals surface area contributed by atoms with Crippen LogP contribution in [0.15, 0.2) is 42.5 Å². The van der Waals surface area contributed by atoms with Gasteiger partial charge in [-0.15, -0.1) is 6.04 Å². The fourth-order valence-corrected chi connectivity index (χ4v) is 4.41. The van der Waals surface area contributed by atoms with Crippen molar-refractivity contribution in [2.45, 2.75) is 42.9 Å². The van der Waals surface area contributed by atoms with Crippen molar-refractivity contribution in [2.75, 3.05) is 0 Å². The summed E-state index contributed by atoms with van der Waals surface area (Å²) in [6.45, 7) is 0.262. The Bertz CT molecular complexity index is 975.